The number of H-pyrrole nitrogens is 5. The minimum atomic E-state index is -1.15. The van der Waals surface area contributed by atoms with Gasteiger partial charge in [0.25, 0.3) is 33.7 Å². The lowest BCUT2D eigenvalue weighted by Crippen LogP contribution is -2.73. The third kappa shape index (κ3) is 18.4. The van der Waals surface area contributed by atoms with Crippen molar-refractivity contribution in [1.82, 2.24) is 63.0 Å². The van der Waals surface area contributed by atoms with Gasteiger partial charge < -0.3 is 107 Å². The number of anilines is 1. The molecule has 0 aliphatic carbocycles. The van der Waals surface area contributed by atoms with Crippen LogP contribution in [0.1, 0.15) is 162 Å². The van der Waals surface area contributed by atoms with Crippen molar-refractivity contribution in [3.63, 3.8) is 0 Å². The number of urea groups is 1. The van der Waals surface area contributed by atoms with Crippen LogP contribution in [-0.4, -0.2) is 270 Å². The van der Waals surface area contributed by atoms with Gasteiger partial charge in [-0.1, -0.05) is 22.4 Å². The van der Waals surface area contributed by atoms with Crippen molar-refractivity contribution >= 4 is 17.8 Å². The lowest BCUT2D eigenvalue weighted by Gasteiger charge is -2.44. The second kappa shape index (κ2) is 36.2. The SMILES string of the molecule is CC1(C)OC2C(O1)[C@H]1CN3N=NC4(C)C(=O)NC(=O)N(C34)[C@@H]2O1.CC[C@H]1O[C@@H](n2cc(C)c(=O)[nH]c2=O)C2OC(C)(C)OC21.Cc1c2n(c(=O)[nH]c1=O)[C@@H]1O[C@H](CN2)C2OC(C)(C)OC21.Cc1cn([C@@H]2O[C@H](CN=[N+]=[N-])C3OC(C)(C)OC32)c(=O)[nH]c1=O.Cc1cn([C@@H]2O[C@H](CN=[N+]=[N-])C3OC(C)(C)OC32)c(=O)[nH]c1=O.Cc1cn([C@@H]2O[C@H](CO)[C@@H]3OC(C)(C)OC32)c(=O)[nH]c1=O.[N-]=N. The number of hydrogen-bond donors (Lipinski definition) is 9. The highest BCUT2D eigenvalue weighted by atomic mass is 16.8. The second-order valence-corrected chi connectivity index (χ2v) is 37.1. The average Bonchev–Trinajstić information content (AvgIpc) is 1.54. The van der Waals surface area contributed by atoms with Crippen LogP contribution in [0.4, 0.5) is 10.6 Å². The fourth-order valence-electron chi connectivity index (χ4n) is 19.1. The second-order valence-electron chi connectivity index (χ2n) is 37.1. The molecule has 0 saturated carbocycles. The molecule has 0 spiro atoms. The Morgan fingerprint density at radius 3 is 1.13 bits per heavy atom. The molecule has 0 radical (unpaired) electrons. The van der Waals surface area contributed by atoms with E-state index in [-0.39, 0.29) is 74.1 Å². The van der Waals surface area contributed by atoms with E-state index in [4.69, 9.17) is 107 Å². The zero-order chi connectivity index (χ0) is 97.4. The summed E-state index contributed by atoms with van der Waals surface area (Å²) in [4.78, 5) is 161. The smallest absolute Gasteiger partial charge is 0.332 e. The first kappa shape index (κ1) is 97.5. The summed E-state index contributed by atoms with van der Waals surface area (Å²) in [6, 6.07) is -0.519. The zero-order valence-corrected chi connectivity index (χ0v) is 76.3. The van der Waals surface area contributed by atoms with Crippen LogP contribution in [0.25, 0.3) is 26.4 Å². The van der Waals surface area contributed by atoms with Crippen LogP contribution in [0.2, 0.25) is 0 Å². The van der Waals surface area contributed by atoms with E-state index in [1.807, 2.05) is 48.5 Å². The summed E-state index contributed by atoms with van der Waals surface area (Å²) in [5.41, 5.74) is 24.0. The predicted molar refractivity (Wildman–Crippen MR) is 451 cm³/mol. The van der Waals surface area contributed by atoms with Crippen molar-refractivity contribution in [2.75, 3.05) is 38.1 Å². The number of rotatable bonds is 10. The van der Waals surface area contributed by atoms with E-state index < -0.39 is 207 Å². The molecule has 134 heavy (non-hydrogen) atoms. The average molecular weight is 1890 g/mol. The third-order valence-corrected chi connectivity index (χ3v) is 24.7. The van der Waals surface area contributed by atoms with Crippen molar-refractivity contribution in [3.8, 4) is 0 Å². The number of fused-ring (bicyclic) bond motifs is 17. The molecule has 26 atom stereocenters. The lowest BCUT2D eigenvalue weighted by atomic mass is 9.93. The van der Waals surface area contributed by atoms with Gasteiger partial charge in [-0.2, -0.15) is 5.11 Å². The van der Waals surface area contributed by atoms with E-state index in [0.29, 0.717) is 46.7 Å². The highest BCUT2D eigenvalue weighted by molar-refractivity contribution is 6.03. The standard InChI is InChI=1S/C14H20N2O5.3C13H17N5O5.C13H17N3O5.C13H18N2O6.HN2/c1-5-8-9-10(21-14(3,4)20-9)12(19-8)16-6-7(2)11(17)15-13(16)18;1-12(2)22-6-5-4-17-10-13(3,15-16-17)9(19)14-11(20)18(10)8(21-5)7(6)23-12;2*1-6-5-18(12(20)16-10(6)19)11-9-8(22-13(2,3)23-9)7(21-11)4-15-17-14;1-5-9-14-4-6-7-8(21-13(2,3)20-7)11(19-6)16(9)12(18)15-10(5)17;1-6-4-15(12(18)14-10(6)17)11-9-8(7(5-16)19-11)20-13(2,3)21-9;1-2/h6,8-10,12H,5H2,1-4H3,(H,15,17,18);5-8,10H,4H2,1-3H3,(H,14,19,20);2*5,7-9,11H,4H2,1-3H3,(H,16,19,20);6-8,11,14H,4H2,1-3H3,(H,15,17,18);4,7-9,11,16H,5H2,1-3H3,(H,14,17,18);1H/q;;;;;;-1/t8-,9?,10?,12-;5-,6?,7?,8-,10?,13?;2*7-,8?,9?,11-;6-,7?,8?,11-;7-,8+,9?,11-;/m111111./s1. The molecule has 0 aromatic carbocycles. The molecular weight excluding hydrogens is 1780 g/mol. The van der Waals surface area contributed by atoms with Crippen molar-refractivity contribution in [2.45, 2.75) is 332 Å². The van der Waals surface area contributed by atoms with E-state index in [2.05, 4.69) is 65.9 Å². The Morgan fingerprint density at radius 1 is 0.425 bits per heavy atom. The molecule has 14 saturated heterocycles. The molecule has 4 bridgehead atoms. The quantitative estimate of drug-likeness (QED) is 0.0533. The Bertz CT molecular complexity index is 5900. The van der Waals surface area contributed by atoms with Crippen LogP contribution < -0.4 is 66.9 Å². The fraction of sp³-hybridized carbons (Fsp3) is 0.722. The largest absolute Gasteiger partial charge is 0.715 e. The maximum Gasteiger partial charge on any atom is 0.332 e. The minimum absolute atomic E-state index is 0.0602. The lowest BCUT2D eigenvalue weighted by molar-refractivity contribution is -0.200. The summed E-state index contributed by atoms with van der Waals surface area (Å²) in [5, 5.41) is 31.8. The van der Waals surface area contributed by atoms with Gasteiger partial charge in [-0.3, -0.25) is 87.2 Å². The van der Waals surface area contributed by atoms with Gasteiger partial charge in [-0.25, -0.2) is 33.3 Å². The number of aliphatic hydroxyl groups is 1. The minimum Gasteiger partial charge on any atom is -0.715 e. The van der Waals surface area contributed by atoms with Crippen molar-refractivity contribution in [1.29, 1.82) is 5.53 Å². The summed E-state index contributed by atoms with van der Waals surface area (Å²) in [6.07, 6.45) is -5.43. The van der Waals surface area contributed by atoms with Crippen LogP contribution in [-0.2, 0) is 90.1 Å². The van der Waals surface area contributed by atoms with E-state index in [0.717, 1.165) is 6.42 Å². The number of carbonyl (C=O) groups is 2. The molecule has 21 rings (SSSR count). The maximum absolute atomic E-state index is 12.5. The van der Waals surface area contributed by atoms with Gasteiger partial charge in [-0.05, 0) is 142 Å². The van der Waals surface area contributed by atoms with Crippen molar-refractivity contribution in [3.05, 3.63) is 183 Å². The number of aliphatic hydroxyl groups excluding tert-OH is 1. The molecular formula is C79H107N24O31-. The van der Waals surface area contributed by atoms with Crippen molar-refractivity contribution < 1.29 is 100.0 Å². The van der Waals surface area contributed by atoms with Crippen LogP contribution in [0.5, 0.6) is 0 Å². The number of nitrogens with one attached hydrogen (secondary N) is 8. The highest BCUT2D eigenvalue weighted by Gasteiger charge is 2.69. The molecule has 5 aromatic heterocycles. The number of aromatic amines is 5. The molecule has 9 N–H and O–H groups in total. The molecule has 55 heteroatoms. The number of hydrogen-bond acceptors (Lipinski definition) is 38. The number of ether oxygens (including phenoxy) is 18. The maximum atomic E-state index is 12.5. The van der Waals surface area contributed by atoms with E-state index in [1.165, 1.54) is 52.5 Å². The number of imide groups is 1. The van der Waals surface area contributed by atoms with Crippen molar-refractivity contribution in [2.24, 2.45) is 20.6 Å². The molecule has 13 unspecified atom stereocenters. The van der Waals surface area contributed by atoms with Gasteiger partial charge in [0.15, 0.2) is 83.8 Å². The van der Waals surface area contributed by atoms with Crippen LogP contribution in [0.3, 0.4) is 0 Å². The van der Waals surface area contributed by atoms with E-state index in [9.17, 15) is 62.6 Å². The Labute approximate surface area is 756 Å². The molecule has 16 aliphatic rings. The monoisotopic (exact) mass is 1890 g/mol. The molecule has 14 fully saturated rings. The number of amides is 3. The van der Waals surface area contributed by atoms with E-state index >= 15 is 0 Å². The summed E-state index contributed by atoms with van der Waals surface area (Å²) < 4.78 is 112. The summed E-state index contributed by atoms with van der Waals surface area (Å²) in [5.74, 6) is -4.61. The molecule has 55 nitrogen and oxygen atoms in total. The Morgan fingerprint density at radius 2 is 0.746 bits per heavy atom. The molecule has 3 amide bonds. The fourth-order valence-corrected chi connectivity index (χ4v) is 19.1. The van der Waals surface area contributed by atoms with Crippen LogP contribution in [0.15, 0.2) is 93.3 Å². The van der Waals surface area contributed by atoms with Gasteiger partial charge in [-0.15, -0.1) is 0 Å². The van der Waals surface area contributed by atoms with E-state index in [1.54, 1.807) is 88.1 Å². The van der Waals surface area contributed by atoms with Gasteiger partial charge >= 0.3 is 34.5 Å². The van der Waals surface area contributed by atoms with Gasteiger partial charge in [0, 0.05) is 63.4 Å². The van der Waals surface area contributed by atoms with Crippen LogP contribution >= 0.6 is 0 Å². The summed E-state index contributed by atoms with van der Waals surface area (Å²) in [7, 11) is 0. The molecule has 21 heterocycles. The number of aromatic nitrogens is 10. The zero-order valence-electron chi connectivity index (χ0n) is 76.3. The number of azide groups is 2. The predicted octanol–water partition coefficient (Wildman–Crippen LogP) is 0.912. The number of carbonyl (C=O) groups excluding carboxylic acids is 2. The van der Waals surface area contributed by atoms with Gasteiger partial charge in [0.1, 0.15) is 97.4 Å². The Balaban J connectivity index is 0.000000122. The normalized spacial score (nSPS) is 35.6. The first-order valence-electron chi connectivity index (χ1n) is 43.1. The van der Waals surface area contributed by atoms with Gasteiger partial charge in [0.2, 0.25) is 0 Å². The number of aryl methyl sites for hydroxylation is 4. The molecule has 5 aromatic rings. The topological polar surface area (TPSA) is 694 Å². The highest BCUT2D eigenvalue weighted by Crippen LogP contribution is 2.51. The molecule has 730 valence electrons. The first-order valence-corrected chi connectivity index (χ1v) is 43.1. The van der Waals surface area contributed by atoms with Crippen LogP contribution in [0, 0.1) is 40.1 Å². The first-order chi connectivity index (χ1) is 63.0. The van der Waals surface area contributed by atoms with Gasteiger partial charge in [0.05, 0.1) is 50.1 Å². The summed E-state index contributed by atoms with van der Waals surface area (Å²) in [6.45, 7) is 34.1. The Kier molecular flexibility index (Phi) is 26.4. The summed E-state index contributed by atoms with van der Waals surface area (Å²) >= 11 is 0. The number of nitrogens with zero attached hydrogens (tertiary/aromatic N) is 16. The Hall–Kier alpha value is -11.0. The molecule has 16 aliphatic heterocycles. The third-order valence-electron chi connectivity index (χ3n) is 24.7.